The highest BCUT2D eigenvalue weighted by Gasteiger charge is 2.18. The van der Waals surface area contributed by atoms with Gasteiger partial charge in [0.2, 0.25) is 0 Å². The minimum absolute atomic E-state index is 0.183. The molecule has 0 atom stereocenters. The Balaban J connectivity index is 2.44. The van der Waals surface area contributed by atoms with Gasteiger partial charge in [-0.15, -0.1) is 0 Å². The van der Waals surface area contributed by atoms with Crippen LogP contribution in [0.3, 0.4) is 0 Å². The highest BCUT2D eigenvalue weighted by Crippen LogP contribution is 2.23. The average molecular weight is 417 g/mol. The Morgan fingerprint density at radius 3 is 2.48 bits per heavy atom. The summed E-state index contributed by atoms with van der Waals surface area (Å²) >= 11 is 2.13. The molecule has 2 rings (SSSR count). The fourth-order valence-corrected chi connectivity index (χ4v) is 3.97. The topological polar surface area (TPSA) is 66.4 Å². The van der Waals surface area contributed by atoms with Crippen LogP contribution in [0.4, 0.5) is 5.69 Å². The number of aliphatic hydroxyl groups is 1. The fourth-order valence-electron chi connectivity index (χ4n) is 2.10. The van der Waals surface area contributed by atoms with Gasteiger partial charge >= 0.3 is 0 Å². The summed E-state index contributed by atoms with van der Waals surface area (Å²) < 4.78 is 28.6. The summed E-state index contributed by atoms with van der Waals surface area (Å²) in [5.41, 5.74) is 2.67. The molecular formula is C15H16INO3S. The van der Waals surface area contributed by atoms with E-state index in [9.17, 15) is 13.5 Å². The number of benzene rings is 2. The number of sulfonamides is 1. The van der Waals surface area contributed by atoms with Gasteiger partial charge in [-0.05, 0) is 77.4 Å². The van der Waals surface area contributed by atoms with Gasteiger partial charge in [0.05, 0.1) is 11.5 Å². The van der Waals surface area contributed by atoms with Crippen LogP contribution < -0.4 is 4.72 Å². The van der Waals surface area contributed by atoms with Crippen molar-refractivity contribution in [2.75, 3.05) is 4.72 Å². The van der Waals surface area contributed by atoms with E-state index in [2.05, 4.69) is 27.3 Å². The van der Waals surface area contributed by atoms with Crippen LogP contribution in [0.1, 0.15) is 16.7 Å². The van der Waals surface area contributed by atoms with Crippen LogP contribution in [0.5, 0.6) is 0 Å². The van der Waals surface area contributed by atoms with Crippen LogP contribution in [0.15, 0.2) is 41.3 Å². The predicted molar refractivity (Wildman–Crippen MR) is 91.8 cm³/mol. The van der Waals surface area contributed by atoms with Gasteiger partial charge in [0.1, 0.15) is 0 Å². The molecule has 0 saturated heterocycles. The van der Waals surface area contributed by atoms with Gasteiger partial charge in [-0.25, -0.2) is 8.42 Å². The van der Waals surface area contributed by atoms with E-state index in [0.717, 1.165) is 9.13 Å². The quantitative estimate of drug-likeness (QED) is 0.752. The van der Waals surface area contributed by atoms with E-state index in [0.29, 0.717) is 16.8 Å². The molecule has 2 aromatic carbocycles. The zero-order chi connectivity index (χ0) is 15.6. The SMILES string of the molecule is Cc1cc(C)c(S(=O)(=O)Nc2cccc(I)c2)cc1CO. The predicted octanol–water partition coefficient (Wildman–Crippen LogP) is 3.20. The first-order valence-electron chi connectivity index (χ1n) is 6.33. The minimum Gasteiger partial charge on any atom is -0.392 e. The second-order valence-electron chi connectivity index (χ2n) is 4.82. The van der Waals surface area contributed by atoms with Crippen molar-refractivity contribution in [3.63, 3.8) is 0 Å². The van der Waals surface area contributed by atoms with Crippen molar-refractivity contribution in [3.8, 4) is 0 Å². The number of aliphatic hydroxyl groups excluding tert-OH is 1. The molecule has 0 heterocycles. The molecule has 2 N–H and O–H groups in total. The molecule has 0 amide bonds. The summed E-state index contributed by atoms with van der Waals surface area (Å²) in [7, 11) is -3.67. The van der Waals surface area contributed by atoms with Crippen molar-refractivity contribution >= 4 is 38.3 Å². The van der Waals surface area contributed by atoms with Crippen molar-refractivity contribution < 1.29 is 13.5 Å². The first-order chi connectivity index (χ1) is 9.83. The van der Waals surface area contributed by atoms with Gasteiger partial charge in [-0.1, -0.05) is 12.1 Å². The Morgan fingerprint density at radius 2 is 1.86 bits per heavy atom. The van der Waals surface area contributed by atoms with Gasteiger partial charge in [0.15, 0.2) is 0 Å². The van der Waals surface area contributed by atoms with Crippen molar-refractivity contribution in [1.82, 2.24) is 0 Å². The Kier molecular flexibility index (Phi) is 4.90. The zero-order valence-electron chi connectivity index (χ0n) is 11.7. The van der Waals surface area contributed by atoms with E-state index in [1.165, 1.54) is 6.07 Å². The number of hydrogen-bond donors (Lipinski definition) is 2. The Hall–Kier alpha value is -1.12. The smallest absolute Gasteiger partial charge is 0.262 e. The lowest BCUT2D eigenvalue weighted by Gasteiger charge is -2.13. The summed E-state index contributed by atoms with van der Waals surface area (Å²) in [5.74, 6) is 0. The molecule has 0 aromatic heterocycles. The number of aryl methyl sites for hydroxylation is 2. The van der Waals surface area contributed by atoms with E-state index in [-0.39, 0.29) is 11.5 Å². The molecule has 0 spiro atoms. The first kappa shape index (κ1) is 16.3. The zero-order valence-corrected chi connectivity index (χ0v) is 14.7. The summed E-state index contributed by atoms with van der Waals surface area (Å²) in [6, 6.07) is 10.4. The molecule has 0 aliphatic carbocycles. The van der Waals surface area contributed by atoms with E-state index >= 15 is 0 Å². The van der Waals surface area contributed by atoms with Gasteiger partial charge < -0.3 is 5.11 Å². The molecule has 0 aliphatic rings. The third kappa shape index (κ3) is 3.75. The van der Waals surface area contributed by atoms with E-state index in [1.807, 2.05) is 13.0 Å². The van der Waals surface area contributed by atoms with Crippen LogP contribution in [0.25, 0.3) is 0 Å². The van der Waals surface area contributed by atoms with Crippen molar-refractivity contribution in [2.24, 2.45) is 0 Å². The summed E-state index contributed by atoms with van der Waals surface area (Å²) in [6.07, 6.45) is 0. The molecule has 4 nitrogen and oxygen atoms in total. The molecule has 112 valence electrons. The second-order valence-corrected chi connectivity index (χ2v) is 7.71. The Bertz CT molecular complexity index is 772. The highest BCUT2D eigenvalue weighted by atomic mass is 127. The fraction of sp³-hybridized carbons (Fsp3) is 0.200. The monoisotopic (exact) mass is 417 g/mol. The van der Waals surface area contributed by atoms with E-state index < -0.39 is 10.0 Å². The Morgan fingerprint density at radius 1 is 1.14 bits per heavy atom. The summed E-state index contributed by atoms with van der Waals surface area (Å²) in [4.78, 5) is 0.191. The average Bonchev–Trinajstić information content (AvgIpc) is 2.37. The maximum absolute atomic E-state index is 12.5. The van der Waals surface area contributed by atoms with Crippen LogP contribution in [0.2, 0.25) is 0 Å². The highest BCUT2D eigenvalue weighted by molar-refractivity contribution is 14.1. The third-order valence-electron chi connectivity index (χ3n) is 3.17. The van der Waals surface area contributed by atoms with E-state index in [4.69, 9.17) is 0 Å². The van der Waals surface area contributed by atoms with Crippen molar-refractivity contribution in [3.05, 3.63) is 56.7 Å². The third-order valence-corrected chi connectivity index (χ3v) is 5.36. The van der Waals surface area contributed by atoms with Crippen LogP contribution in [0, 0.1) is 17.4 Å². The maximum atomic E-state index is 12.5. The van der Waals surface area contributed by atoms with Gasteiger partial charge in [-0.2, -0.15) is 0 Å². The lowest BCUT2D eigenvalue weighted by atomic mass is 10.1. The summed E-state index contributed by atoms with van der Waals surface area (Å²) in [5, 5.41) is 9.31. The minimum atomic E-state index is -3.67. The number of anilines is 1. The molecule has 6 heteroatoms. The number of rotatable bonds is 4. The lowest BCUT2D eigenvalue weighted by molar-refractivity contribution is 0.280. The molecule has 2 aromatic rings. The molecule has 21 heavy (non-hydrogen) atoms. The number of hydrogen-bond acceptors (Lipinski definition) is 3. The normalized spacial score (nSPS) is 11.4. The lowest BCUT2D eigenvalue weighted by Crippen LogP contribution is -2.15. The molecule has 0 aliphatic heterocycles. The van der Waals surface area contributed by atoms with Gasteiger partial charge in [0.25, 0.3) is 10.0 Å². The molecular weight excluding hydrogens is 401 g/mol. The number of halogens is 1. The molecule has 0 fully saturated rings. The molecule has 0 radical (unpaired) electrons. The van der Waals surface area contributed by atoms with Crippen LogP contribution in [-0.2, 0) is 16.6 Å². The van der Waals surface area contributed by atoms with Crippen molar-refractivity contribution in [2.45, 2.75) is 25.3 Å². The second kappa shape index (κ2) is 6.33. The van der Waals surface area contributed by atoms with Crippen molar-refractivity contribution in [1.29, 1.82) is 0 Å². The number of nitrogens with one attached hydrogen (secondary N) is 1. The van der Waals surface area contributed by atoms with E-state index in [1.54, 1.807) is 31.2 Å². The molecule has 0 bridgehead atoms. The first-order valence-corrected chi connectivity index (χ1v) is 8.89. The Labute approximate surface area is 138 Å². The maximum Gasteiger partial charge on any atom is 0.262 e. The summed E-state index contributed by atoms with van der Waals surface area (Å²) in [6.45, 7) is 3.41. The van der Waals surface area contributed by atoms with Crippen LogP contribution >= 0.6 is 22.6 Å². The van der Waals surface area contributed by atoms with Gasteiger partial charge in [0, 0.05) is 9.26 Å². The largest absolute Gasteiger partial charge is 0.392 e. The molecule has 0 unspecified atom stereocenters. The van der Waals surface area contributed by atoms with Crippen LogP contribution in [-0.4, -0.2) is 13.5 Å². The molecule has 0 saturated carbocycles. The standard InChI is InChI=1S/C15H16INO3S/c1-10-6-11(2)15(7-12(10)9-18)21(19,20)17-14-5-3-4-13(16)8-14/h3-8,17-18H,9H2,1-2H3. The van der Waals surface area contributed by atoms with Gasteiger partial charge in [-0.3, -0.25) is 4.72 Å².